The van der Waals surface area contributed by atoms with Crippen LogP contribution in [0.4, 0.5) is 13.2 Å². The van der Waals surface area contributed by atoms with Crippen molar-refractivity contribution in [3.63, 3.8) is 0 Å². The molecule has 0 rings (SSSR count). The predicted molar refractivity (Wildman–Crippen MR) is 58.0 cm³/mol. The first-order valence-corrected chi connectivity index (χ1v) is 5.33. The molecule has 0 spiro atoms. The smallest absolute Gasteiger partial charge is 0.401 e. The summed E-state index contributed by atoms with van der Waals surface area (Å²) in [6, 6.07) is 0. The van der Waals surface area contributed by atoms with Crippen molar-refractivity contribution >= 4 is 11.9 Å². The van der Waals surface area contributed by atoms with Crippen LogP contribution in [0, 0.1) is 0 Å². The summed E-state index contributed by atoms with van der Waals surface area (Å²) in [6.07, 6.45) is -4.40. The third kappa shape index (κ3) is 4.91. The van der Waals surface area contributed by atoms with Crippen LogP contribution in [0.2, 0.25) is 0 Å². The third-order valence-corrected chi connectivity index (χ3v) is 2.42. The lowest BCUT2D eigenvalue weighted by atomic mass is 10.0. The number of alkyl halides is 3. The first kappa shape index (κ1) is 16.7. The number of nitrogens with zero attached hydrogens (tertiary/aromatic N) is 1. The fourth-order valence-electron chi connectivity index (χ4n) is 1.41. The van der Waals surface area contributed by atoms with E-state index in [9.17, 15) is 22.8 Å². The van der Waals surface area contributed by atoms with Crippen molar-refractivity contribution < 1.29 is 27.9 Å². The van der Waals surface area contributed by atoms with Crippen LogP contribution in [-0.4, -0.2) is 53.2 Å². The molecule has 0 unspecified atom stereocenters. The average molecular weight is 270 g/mol. The quantitative estimate of drug-likeness (QED) is 0.750. The summed E-state index contributed by atoms with van der Waals surface area (Å²) in [5.41, 5.74) is -1.45. The summed E-state index contributed by atoms with van der Waals surface area (Å²) in [7, 11) is 0. The van der Waals surface area contributed by atoms with Crippen LogP contribution >= 0.6 is 0 Å². The number of aliphatic carboxylic acids is 1. The van der Waals surface area contributed by atoms with Crippen LogP contribution in [0.15, 0.2) is 0 Å². The fourth-order valence-corrected chi connectivity index (χ4v) is 1.41. The van der Waals surface area contributed by atoms with E-state index >= 15 is 0 Å². The molecular formula is C10H17F3N2O3. The zero-order chi connectivity index (χ0) is 14.6. The molecule has 1 amide bonds. The number of carbonyl (C=O) groups is 2. The molecule has 0 aliphatic heterocycles. The van der Waals surface area contributed by atoms with Gasteiger partial charge in [-0.3, -0.25) is 4.79 Å². The lowest BCUT2D eigenvalue weighted by Gasteiger charge is -2.34. The Morgan fingerprint density at radius 2 is 1.78 bits per heavy atom. The maximum Gasteiger partial charge on any atom is 0.401 e. The van der Waals surface area contributed by atoms with Gasteiger partial charge in [-0.25, -0.2) is 4.79 Å². The average Bonchev–Trinajstić information content (AvgIpc) is 2.15. The van der Waals surface area contributed by atoms with Gasteiger partial charge in [0, 0.05) is 6.54 Å². The van der Waals surface area contributed by atoms with Crippen molar-refractivity contribution in [3.8, 4) is 0 Å². The fraction of sp³-hybridized carbons (Fsp3) is 0.800. The van der Waals surface area contributed by atoms with Crippen LogP contribution in [0.5, 0.6) is 0 Å². The van der Waals surface area contributed by atoms with E-state index in [1.165, 1.54) is 13.8 Å². The highest BCUT2D eigenvalue weighted by Crippen LogP contribution is 2.15. The molecule has 0 fully saturated rings. The lowest BCUT2D eigenvalue weighted by molar-refractivity contribution is -0.157. The van der Waals surface area contributed by atoms with Gasteiger partial charge >= 0.3 is 12.1 Å². The number of rotatable bonds is 6. The summed E-state index contributed by atoms with van der Waals surface area (Å²) >= 11 is 0. The van der Waals surface area contributed by atoms with E-state index < -0.39 is 36.7 Å². The van der Waals surface area contributed by atoms with Gasteiger partial charge in [0.05, 0.1) is 13.1 Å². The minimum atomic E-state index is -4.40. The molecule has 2 N–H and O–H groups in total. The molecule has 0 heterocycles. The topological polar surface area (TPSA) is 69.6 Å². The molecule has 106 valence electrons. The lowest BCUT2D eigenvalue weighted by Crippen LogP contribution is -2.55. The van der Waals surface area contributed by atoms with Crippen LogP contribution in [0.3, 0.4) is 0 Å². The Kier molecular flexibility index (Phi) is 5.59. The minimum absolute atomic E-state index is 0.103. The number of hydrogen-bond acceptors (Lipinski definition) is 3. The minimum Gasteiger partial charge on any atom is -0.480 e. The van der Waals surface area contributed by atoms with Gasteiger partial charge < -0.3 is 15.3 Å². The number of hydrogen-bond donors (Lipinski definition) is 2. The van der Waals surface area contributed by atoms with E-state index in [4.69, 9.17) is 5.11 Å². The van der Waals surface area contributed by atoms with E-state index in [-0.39, 0.29) is 6.54 Å². The maximum atomic E-state index is 11.9. The van der Waals surface area contributed by atoms with E-state index in [0.717, 1.165) is 4.90 Å². The van der Waals surface area contributed by atoms with Gasteiger partial charge in [0.15, 0.2) is 0 Å². The molecule has 0 saturated heterocycles. The molecule has 8 heteroatoms. The monoisotopic (exact) mass is 270 g/mol. The van der Waals surface area contributed by atoms with Gasteiger partial charge in [-0.1, -0.05) is 0 Å². The van der Waals surface area contributed by atoms with Crippen LogP contribution in [-0.2, 0) is 9.59 Å². The number of carbonyl (C=O) groups excluding carboxylic acids is 1. The van der Waals surface area contributed by atoms with Crippen molar-refractivity contribution in [1.82, 2.24) is 10.2 Å². The molecule has 0 radical (unpaired) electrons. The Balaban J connectivity index is 4.51. The second-order valence-electron chi connectivity index (χ2n) is 4.22. The van der Waals surface area contributed by atoms with E-state index in [0.29, 0.717) is 0 Å². The molecule has 0 aromatic heterocycles. The van der Waals surface area contributed by atoms with Gasteiger partial charge in [-0.05, 0) is 20.8 Å². The van der Waals surface area contributed by atoms with Gasteiger partial charge in [0.2, 0.25) is 5.91 Å². The van der Waals surface area contributed by atoms with Crippen molar-refractivity contribution in [2.75, 3.05) is 19.6 Å². The number of halogens is 3. The van der Waals surface area contributed by atoms with Crippen molar-refractivity contribution in [1.29, 1.82) is 0 Å². The summed E-state index contributed by atoms with van der Waals surface area (Å²) < 4.78 is 35.6. The molecular weight excluding hydrogens is 253 g/mol. The van der Waals surface area contributed by atoms with Gasteiger partial charge in [-0.2, -0.15) is 13.2 Å². The molecule has 0 saturated carbocycles. The normalized spacial score (nSPS) is 12.3. The zero-order valence-electron chi connectivity index (χ0n) is 10.5. The molecule has 0 aliphatic carbocycles. The molecule has 0 bridgehead atoms. The summed E-state index contributed by atoms with van der Waals surface area (Å²) in [5.74, 6) is -1.90. The number of carboxylic acids is 1. The Labute approximate surface area is 103 Å². The largest absolute Gasteiger partial charge is 0.480 e. The summed E-state index contributed by atoms with van der Waals surface area (Å²) in [5, 5.41) is 10.9. The first-order valence-electron chi connectivity index (χ1n) is 5.33. The first-order chi connectivity index (χ1) is 8.02. The van der Waals surface area contributed by atoms with Crippen molar-refractivity contribution in [2.24, 2.45) is 0 Å². The second kappa shape index (κ2) is 6.03. The highest BCUT2D eigenvalue weighted by atomic mass is 19.4. The summed E-state index contributed by atoms with van der Waals surface area (Å²) in [4.78, 5) is 23.6. The maximum absolute atomic E-state index is 11.9. The number of amides is 1. The second-order valence-corrected chi connectivity index (χ2v) is 4.22. The Hall–Kier alpha value is -1.31. The van der Waals surface area contributed by atoms with Crippen LogP contribution in [0.1, 0.15) is 20.8 Å². The van der Waals surface area contributed by atoms with Gasteiger partial charge in [0.1, 0.15) is 5.54 Å². The molecule has 18 heavy (non-hydrogen) atoms. The standard InChI is InChI=1S/C10H17F3N2O3/c1-4-15(9(2,3)8(17)18)7(16)5-14-6-10(11,12)13/h14H,4-6H2,1-3H3,(H,17,18). The molecule has 0 aromatic rings. The SMILES string of the molecule is CCN(C(=O)CNCC(F)(F)F)C(C)(C)C(=O)O. The summed E-state index contributed by atoms with van der Waals surface area (Å²) in [6.45, 7) is 2.47. The van der Waals surface area contributed by atoms with E-state index in [1.54, 1.807) is 6.92 Å². The Morgan fingerprint density at radius 1 is 1.28 bits per heavy atom. The van der Waals surface area contributed by atoms with E-state index in [2.05, 4.69) is 0 Å². The third-order valence-electron chi connectivity index (χ3n) is 2.42. The zero-order valence-corrected chi connectivity index (χ0v) is 10.5. The molecule has 5 nitrogen and oxygen atoms in total. The number of nitrogens with one attached hydrogen (secondary N) is 1. The molecule has 0 atom stereocenters. The molecule has 0 aromatic carbocycles. The molecule has 0 aliphatic rings. The van der Waals surface area contributed by atoms with Crippen molar-refractivity contribution in [3.05, 3.63) is 0 Å². The van der Waals surface area contributed by atoms with E-state index in [1.807, 2.05) is 5.32 Å². The van der Waals surface area contributed by atoms with Gasteiger partial charge in [0.25, 0.3) is 0 Å². The van der Waals surface area contributed by atoms with Crippen LogP contribution < -0.4 is 5.32 Å². The highest BCUT2D eigenvalue weighted by Gasteiger charge is 2.37. The highest BCUT2D eigenvalue weighted by molar-refractivity contribution is 5.87. The number of likely N-dealkylation sites (N-methyl/N-ethyl adjacent to an activating group) is 1. The Morgan fingerprint density at radius 3 is 2.11 bits per heavy atom. The predicted octanol–water partition coefficient (Wildman–Crippen LogP) is 0.850. The van der Waals surface area contributed by atoms with Crippen molar-refractivity contribution in [2.45, 2.75) is 32.5 Å². The van der Waals surface area contributed by atoms with Crippen LogP contribution in [0.25, 0.3) is 0 Å². The van der Waals surface area contributed by atoms with Gasteiger partial charge in [-0.15, -0.1) is 0 Å². The Bertz CT molecular complexity index is 316. The number of carboxylic acid groups (broad SMARTS) is 1.